The van der Waals surface area contributed by atoms with Crippen LogP contribution >= 0.6 is 0 Å². The topological polar surface area (TPSA) is 80.8 Å². The standard InChI is InChI=1S/C22H31NO5S/c1-17-12-14-19(15-13-17)29(26,27)23(21(25)28-22(2,3)4)20(11-8-16-24)18-9-6-5-7-10-18/h8,11-16,18,20H,5-7,9-10H2,1-4H3/b11-8-/t20-/m0/s1. The average molecular weight is 422 g/mol. The zero-order valence-corrected chi connectivity index (χ0v) is 18.4. The van der Waals surface area contributed by atoms with E-state index in [9.17, 15) is 18.0 Å². The van der Waals surface area contributed by atoms with Crippen LogP contribution in [0.4, 0.5) is 4.79 Å². The smallest absolute Gasteiger partial charge is 0.424 e. The Balaban J connectivity index is 2.56. The van der Waals surface area contributed by atoms with Crippen molar-refractivity contribution in [1.29, 1.82) is 0 Å². The summed E-state index contributed by atoms with van der Waals surface area (Å²) in [6.45, 7) is 6.94. The summed E-state index contributed by atoms with van der Waals surface area (Å²) in [6, 6.07) is 5.59. The van der Waals surface area contributed by atoms with Crippen LogP contribution in [0.2, 0.25) is 0 Å². The molecule has 0 bridgehead atoms. The fourth-order valence-electron chi connectivity index (χ4n) is 3.57. The lowest BCUT2D eigenvalue weighted by Gasteiger charge is -2.37. The van der Waals surface area contributed by atoms with E-state index in [1.807, 2.05) is 6.92 Å². The summed E-state index contributed by atoms with van der Waals surface area (Å²) < 4.78 is 33.3. The van der Waals surface area contributed by atoms with Gasteiger partial charge in [0.05, 0.1) is 10.9 Å². The minimum atomic E-state index is -4.18. The second-order valence-corrected chi connectivity index (χ2v) is 10.3. The molecule has 1 atom stereocenters. The van der Waals surface area contributed by atoms with E-state index in [4.69, 9.17) is 4.74 Å². The third kappa shape index (κ3) is 6.16. The van der Waals surface area contributed by atoms with Gasteiger partial charge < -0.3 is 4.74 Å². The Hall–Kier alpha value is -2.15. The van der Waals surface area contributed by atoms with Gasteiger partial charge in [-0.3, -0.25) is 4.79 Å². The van der Waals surface area contributed by atoms with E-state index in [-0.39, 0.29) is 10.8 Å². The number of amides is 1. The molecule has 1 fully saturated rings. The number of rotatable bonds is 6. The van der Waals surface area contributed by atoms with E-state index in [2.05, 4.69) is 0 Å². The van der Waals surface area contributed by atoms with Gasteiger partial charge in [-0.05, 0) is 64.7 Å². The number of sulfonamides is 1. The van der Waals surface area contributed by atoms with Gasteiger partial charge >= 0.3 is 6.09 Å². The van der Waals surface area contributed by atoms with Crippen LogP contribution in [-0.2, 0) is 19.6 Å². The monoisotopic (exact) mass is 421 g/mol. The number of carbonyl (C=O) groups excluding carboxylic acids is 2. The molecule has 7 heteroatoms. The first kappa shape index (κ1) is 23.1. The molecule has 1 saturated carbocycles. The van der Waals surface area contributed by atoms with Crippen molar-refractivity contribution in [2.75, 3.05) is 0 Å². The van der Waals surface area contributed by atoms with Crippen molar-refractivity contribution >= 4 is 22.4 Å². The summed E-state index contributed by atoms with van der Waals surface area (Å²) in [7, 11) is -4.18. The Morgan fingerprint density at radius 3 is 2.24 bits per heavy atom. The van der Waals surface area contributed by atoms with Gasteiger partial charge in [0.15, 0.2) is 0 Å². The molecule has 0 spiro atoms. The lowest BCUT2D eigenvalue weighted by molar-refractivity contribution is -0.104. The molecular formula is C22H31NO5S. The molecule has 1 aliphatic rings. The third-order valence-corrected chi connectivity index (χ3v) is 6.72. The number of allylic oxidation sites excluding steroid dienone is 1. The van der Waals surface area contributed by atoms with Gasteiger partial charge in [-0.25, -0.2) is 13.2 Å². The zero-order valence-electron chi connectivity index (χ0n) is 17.6. The van der Waals surface area contributed by atoms with Gasteiger partial charge in [0.2, 0.25) is 0 Å². The molecule has 1 aliphatic carbocycles. The highest BCUT2D eigenvalue weighted by Gasteiger charge is 2.41. The Morgan fingerprint density at radius 1 is 1.14 bits per heavy atom. The summed E-state index contributed by atoms with van der Waals surface area (Å²) >= 11 is 0. The molecule has 1 aromatic carbocycles. The molecule has 6 nitrogen and oxygen atoms in total. The molecule has 0 saturated heterocycles. The van der Waals surface area contributed by atoms with E-state index >= 15 is 0 Å². The largest absolute Gasteiger partial charge is 0.443 e. The zero-order chi connectivity index (χ0) is 21.7. The lowest BCUT2D eigenvalue weighted by atomic mass is 9.83. The normalized spacial score (nSPS) is 17.1. The second-order valence-electron chi connectivity index (χ2n) is 8.50. The second kappa shape index (κ2) is 9.57. The fraction of sp³-hybridized carbons (Fsp3) is 0.545. The number of carbonyl (C=O) groups is 2. The first-order valence-electron chi connectivity index (χ1n) is 10.0. The Morgan fingerprint density at radius 2 is 1.72 bits per heavy atom. The highest BCUT2D eigenvalue weighted by Crippen LogP contribution is 2.33. The van der Waals surface area contributed by atoms with Crippen molar-refractivity contribution in [3.63, 3.8) is 0 Å². The van der Waals surface area contributed by atoms with Crippen molar-refractivity contribution in [2.45, 2.75) is 76.3 Å². The van der Waals surface area contributed by atoms with Crippen LogP contribution in [-0.4, -0.2) is 36.7 Å². The molecule has 0 N–H and O–H groups in total. The SMILES string of the molecule is Cc1ccc(S(=O)(=O)N(C(=O)OC(C)(C)C)[C@@H](/C=C\C=O)C2CCCCC2)cc1. The van der Waals surface area contributed by atoms with Gasteiger partial charge in [0.25, 0.3) is 10.0 Å². The van der Waals surface area contributed by atoms with Gasteiger partial charge in [0, 0.05) is 0 Å². The lowest BCUT2D eigenvalue weighted by Crippen LogP contribution is -2.49. The third-order valence-electron chi connectivity index (χ3n) is 4.94. The van der Waals surface area contributed by atoms with E-state index in [1.54, 1.807) is 32.9 Å². The molecule has 160 valence electrons. The molecule has 1 amide bonds. The van der Waals surface area contributed by atoms with E-state index in [1.165, 1.54) is 24.3 Å². The maximum atomic E-state index is 13.5. The summed E-state index contributed by atoms with van der Waals surface area (Å²) in [5, 5.41) is 0. The maximum absolute atomic E-state index is 13.5. The van der Waals surface area contributed by atoms with Crippen LogP contribution in [0.5, 0.6) is 0 Å². The fourth-order valence-corrected chi connectivity index (χ4v) is 5.08. The molecule has 0 unspecified atom stereocenters. The van der Waals surface area contributed by atoms with Crippen LogP contribution in [0.25, 0.3) is 0 Å². The summed E-state index contributed by atoms with van der Waals surface area (Å²) in [5.41, 5.74) is 0.0568. The number of hydrogen-bond donors (Lipinski definition) is 0. The molecular weight excluding hydrogens is 390 g/mol. The van der Waals surface area contributed by atoms with Gasteiger partial charge in [0.1, 0.15) is 11.9 Å². The predicted octanol–water partition coefficient (Wildman–Crippen LogP) is 4.62. The molecule has 0 radical (unpaired) electrons. The maximum Gasteiger partial charge on any atom is 0.424 e. The van der Waals surface area contributed by atoms with Crippen molar-refractivity contribution in [2.24, 2.45) is 5.92 Å². The van der Waals surface area contributed by atoms with Crippen molar-refractivity contribution in [3.05, 3.63) is 42.0 Å². The highest BCUT2D eigenvalue weighted by molar-refractivity contribution is 7.89. The van der Waals surface area contributed by atoms with E-state index in [0.717, 1.165) is 42.0 Å². The molecule has 0 heterocycles. The predicted molar refractivity (Wildman–Crippen MR) is 112 cm³/mol. The first-order valence-corrected chi connectivity index (χ1v) is 11.5. The minimum Gasteiger partial charge on any atom is -0.443 e. The number of nitrogens with zero attached hydrogens (tertiary/aromatic N) is 1. The van der Waals surface area contributed by atoms with Gasteiger partial charge in [-0.15, -0.1) is 0 Å². The Kier molecular flexibility index (Phi) is 7.63. The van der Waals surface area contributed by atoms with Crippen molar-refractivity contribution in [1.82, 2.24) is 4.31 Å². The van der Waals surface area contributed by atoms with E-state index < -0.39 is 27.8 Å². The molecule has 0 aliphatic heterocycles. The summed E-state index contributed by atoms with van der Waals surface area (Å²) in [4.78, 5) is 24.1. The molecule has 0 aromatic heterocycles. The van der Waals surface area contributed by atoms with Crippen LogP contribution in [0.1, 0.15) is 58.4 Å². The highest BCUT2D eigenvalue weighted by atomic mass is 32.2. The van der Waals surface area contributed by atoms with Crippen LogP contribution < -0.4 is 0 Å². The Bertz CT molecular complexity index is 831. The molecule has 29 heavy (non-hydrogen) atoms. The number of ether oxygens (including phenoxy) is 1. The quantitative estimate of drug-likeness (QED) is 0.494. The summed E-state index contributed by atoms with van der Waals surface area (Å²) in [6.07, 6.45) is 7.03. The Labute approximate surface area is 174 Å². The number of hydrogen-bond acceptors (Lipinski definition) is 5. The van der Waals surface area contributed by atoms with Gasteiger partial charge in [-0.2, -0.15) is 4.31 Å². The average Bonchev–Trinajstić information content (AvgIpc) is 2.64. The number of aryl methyl sites for hydroxylation is 1. The van der Waals surface area contributed by atoms with Gasteiger partial charge in [-0.1, -0.05) is 43.0 Å². The van der Waals surface area contributed by atoms with E-state index in [0.29, 0.717) is 6.29 Å². The summed E-state index contributed by atoms with van der Waals surface area (Å²) in [5.74, 6) is -0.0623. The van der Waals surface area contributed by atoms with Crippen LogP contribution in [0.3, 0.4) is 0 Å². The molecule has 2 rings (SSSR count). The number of benzene rings is 1. The van der Waals surface area contributed by atoms with Crippen molar-refractivity contribution < 1.29 is 22.7 Å². The van der Waals surface area contributed by atoms with Crippen LogP contribution in [0, 0.1) is 12.8 Å². The van der Waals surface area contributed by atoms with Crippen LogP contribution in [0.15, 0.2) is 41.3 Å². The van der Waals surface area contributed by atoms with Crippen molar-refractivity contribution in [3.8, 4) is 0 Å². The molecule has 1 aromatic rings. The minimum absolute atomic E-state index is 0.0225. The first-order chi connectivity index (χ1) is 13.6. The number of aldehydes is 1.